The Labute approximate surface area is 118 Å². The van der Waals surface area contributed by atoms with Crippen molar-refractivity contribution < 1.29 is 4.74 Å². The maximum absolute atomic E-state index is 6.07. The Balaban J connectivity index is 1.85. The highest BCUT2D eigenvalue weighted by Gasteiger charge is 2.06. The third kappa shape index (κ3) is 3.94. The van der Waals surface area contributed by atoms with E-state index in [1.54, 1.807) is 12.4 Å². The molecule has 4 heteroatoms. The van der Waals surface area contributed by atoms with Crippen molar-refractivity contribution in [2.75, 3.05) is 6.61 Å². The fraction of sp³-hybridized carbons (Fsp3) is 0.267. The molecule has 0 fully saturated rings. The van der Waals surface area contributed by atoms with Crippen molar-refractivity contribution in [2.24, 2.45) is 5.73 Å². The second-order valence-corrected chi connectivity index (χ2v) is 4.64. The molecule has 0 aliphatic heterocycles. The minimum absolute atomic E-state index is 0.388. The van der Waals surface area contributed by atoms with E-state index in [0.29, 0.717) is 18.2 Å². The van der Waals surface area contributed by atoms with Crippen molar-refractivity contribution in [3.63, 3.8) is 0 Å². The maximum atomic E-state index is 6.07. The summed E-state index contributed by atoms with van der Waals surface area (Å²) in [5, 5.41) is 0.661. The first-order valence-electron chi connectivity index (χ1n) is 6.30. The molecule has 0 aliphatic carbocycles. The third-order valence-electron chi connectivity index (χ3n) is 2.90. The SMILES string of the molecule is NCc1c(Cl)cccc1OCCCc1ccncc1. The highest BCUT2D eigenvalue weighted by Crippen LogP contribution is 2.25. The van der Waals surface area contributed by atoms with Gasteiger partial charge in [-0.25, -0.2) is 0 Å². The summed E-state index contributed by atoms with van der Waals surface area (Å²) in [6.45, 7) is 1.04. The number of rotatable bonds is 6. The molecule has 3 nitrogen and oxygen atoms in total. The average Bonchev–Trinajstić information content (AvgIpc) is 2.45. The number of aromatic nitrogens is 1. The number of aryl methyl sites for hydroxylation is 1. The molecule has 100 valence electrons. The molecule has 1 aromatic carbocycles. The van der Waals surface area contributed by atoms with Gasteiger partial charge in [0, 0.05) is 29.5 Å². The second-order valence-electron chi connectivity index (χ2n) is 4.23. The van der Waals surface area contributed by atoms with Gasteiger partial charge in [0.05, 0.1) is 6.61 Å². The van der Waals surface area contributed by atoms with Gasteiger partial charge in [0.15, 0.2) is 0 Å². The largest absolute Gasteiger partial charge is 0.493 e. The molecular formula is C15H17ClN2O. The molecule has 0 unspecified atom stereocenters. The van der Waals surface area contributed by atoms with E-state index in [-0.39, 0.29) is 0 Å². The number of nitrogens with zero attached hydrogens (tertiary/aromatic N) is 1. The Morgan fingerprint density at radius 1 is 1.16 bits per heavy atom. The summed E-state index contributed by atoms with van der Waals surface area (Å²) in [5.41, 5.74) is 7.81. The van der Waals surface area contributed by atoms with E-state index < -0.39 is 0 Å². The van der Waals surface area contributed by atoms with Gasteiger partial charge in [0.1, 0.15) is 5.75 Å². The topological polar surface area (TPSA) is 48.1 Å². The minimum atomic E-state index is 0.388. The van der Waals surface area contributed by atoms with Crippen molar-refractivity contribution in [3.05, 3.63) is 58.9 Å². The van der Waals surface area contributed by atoms with Gasteiger partial charge in [-0.1, -0.05) is 17.7 Å². The van der Waals surface area contributed by atoms with Crippen molar-refractivity contribution >= 4 is 11.6 Å². The van der Waals surface area contributed by atoms with Gasteiger partial charge in [0.2, 0.25) is 0 Å². The minimum Gasteiger partial charge on any atom is -0.493 e. The first-order valence-corrected chi connectivity index (χ1v) is 6.68. The predicted octanol–water partition coefficient (Wildman–Crippen LogP) is 3.21. The lowest BCUT2D eigenvalue weighted by Gasteiger charge is -2.11. The van der Waals surface area contributed by atoms with Crippen LogP contribution in [0.4, 0.5) is 0 Å². The fourth-order valence-electron chi connectivity index (χ4n) is 1.88. The summed E-state index contributed by atoms with van der Waals surface area (Å²) >= 11 is 6.07. The molecule has 0 saturated carbocycles. The monoisotopic (exact) mass is 276 g/mol. The quantitative estimate of drug-likeness (QED) is 0.824. The van der Waals surface area contributed by atoms with E-state index in [0.717, 1.165) is 24.2 Å². The molecule has 0 atom stereocenters. The lowest BCUT2D eigenvalue weighted by molar-refractivity contribution is 0.308. The van der Waals surface area contributed by atoms with Gasteiger partial charge in [-0.2, -0.15) is 0 Å². The molecule has 0 bridgehead atoms. The fourth-order valence-corrected chi connectivity index (χ4v) is 2.12. The Morgan fingerprint density at radius 2 is 1.95 bits per heavy atom. The standard InChI is InChI=1S/C15H17ClN2O/c16-14-4-1-5-15(13(14)11-17)19-10-2-3-12-6-8-18-9-7-12/h1,4-9H,2-3,10-11,17H2. The Hall–Kier alpha value is -1.58. The number of pyridine rings is 1. The van der Waals surface area contributed by atoms with Crippen molar-refractivity contribution in [2.45, 2.75) is 19.4 Å². The van der Waals surface area contributed by atoms with Crippen LogP contribution in [0.1, 0.15) is 17.5 Å². The van der Waals surface area contributed by atoms with Crippen LogP contribution in [0.15, 0.2) is 42.7 Å². The zero-order valence-electron chi connectivity index (χ0n) is 10.7. The summed E-state index contributed by atoms with van der Waals surface area (Å²) in [6.07, 6.45) is 5.53. The molecule has 2 aromatic rings. The van der Waals surface area contributed by atoms with Crippen LogP contribution in [0.3, 0.4) is 0 Å². The lowest BCUT2D eigenvalue weighted by Crippen LogP contribution is -2.05. The highest BCUT2D eigenvalue weighted by molar-refractivity contribution is 6.31. The van der Waals surface area contributed by atoms with E-state index in [1.807, 2.05) is 30.3 Å². The van der Waals surface area contributed by atoms with Crippen molar-refractivity contribution in [1.82, 2.24) is 4.98 Å². The molecular weight excluding hydrogens is 260 g/mol. The average molecular weight is 277 g/mol. The zero-order chi connectivity index (χ0) is 13.5. The van der Waals surface area contributed by atoms with Gasteiger partial charge >= 0.3 is 0 Å². The molecule has 1 heterocycles. The zero-order valence-corrected chi connectivity index (χ0v) is 11.4. The van der Waals surface area contributed by atoms with Crippen LogP contribution in [0.5, 0.6) is 5.75 Å². The number of benzene rings is 1. The first kappa shape index (κ1) is 13.8. The summed E-state index contributed by atoms with van der Waals surface area (Å²) in [5.74, 6) is 0.782. The second kappa shape index (κ2) is 7.12. The summed E-state index contributed by atoms with van der Waals surface area (Å²) in [6, 6.07) is 9.64. The number of hydrogen-bond acceptors (Lipinski definition) is 3. The molecule has 0 aliphatic rings. The number of hydrogen-bond donors (Lipinski definition) is 1. The van der Waals surface area contributed by atoms with Gasteiger partial charge in [-0.05, 0) is 42.7 Å². The molecule has 19 heavy (non-hydrogen) atoms. The van der Waals surface area contributed by atoms with Crippen LogP contribution in [0.25, 0.3) is 0 Å². The van der Waals surface area contributed by atoms with E-state index in [2.05, 4.69) is 4.98 Å². The molecule has 0 radical (unpaired) electrons. The van der Waals surface area contributed by atoms with Crippen molar-refractivity contribution in [3.8, 4) is 5.75 Å². The molecule has 2 N–H and O–H groups in total. The van der Waals surface area contributed by atoms with Gasteiger partial charge in [-0.3, -0.25) is 4.98 Å². The summed E-state index contributed by atoms with van der Waals surface area (Å²) in [7, 11) is 0. The van der Waals surface area contributed by atoms with Crippen LogP contribution in [-0.4, -0.2) is 11.6 Å². The van der Waals surface area contributed by atoms with E-state index in [9.17, 15) is 0 Å². The predicted molar refractivity (Wildman–Crippen MR) is 77.4 cm³/mol. The molecule has 0 amide bonds. The number of halogens is 1. The van der Waals surface area contributed by atoms with E-state index in [1.165, 1.54) is 5.56 Å². The molecule has 1 aromatic heterocycles. The van der Waals surface area contributed by atoms with E-state index in [4.69, 9.17) is 22.1 Å². The highest BCUT2D eigenvalue weighted by atomic mass is 35.5. The third-order valence-corrected chi connectivity index (χ3v) is 3.25. The Morgan fingerprint density at radius 3 is 2.68 bits per heavy atom. The molecule has 0 saturated heterocycles. The lowest BCUT2D eigenvalue weighted by atomic mass is 10.1. The normalized spacial score (nSPS) is 10.4. The smallest absolute Gasteiger partial charge is 0.125 e. The molecule has 2 rings (SSSR count). The van der Waals surface area contributed by atoms with Gasteiger partial charge < -0.3 is 10.5 Å². The van der Waals surface area contributed by atoms with Gasteiger partial charge in [0.25, 0.3) is 0 Å². The van der Waals surface area contributed by atoms with E-state index >= 15 is 0 Å². The first-order chi connectivity index (χ1) is 9.31. The number of ether oxygens (including phenoxy) is 1. The van der Waals surface area contributed by atoms with Crippen LogP contribution in [0.2, 0.25) is 5.02 Å². The van der Waals surface area contributed by atoms with Crippen LogP contribution in [0, 0.1) is 0 Å². The van der Waals surface area contributed by atoms with Gasteiger partial charge in [-0.15, -0.1) is 0 Å². The maximum Gasteiger partial charge on any atom is 0.125 e. The number of nitrogens with two attached hydrogens (primary N) is 1. The van der Waals surface area contributed by atoms with Crippen LogP contribution < -0.4 is 10.5 Å². The Bertz CT molecular complexity index is 517. The van der Waals surface area contributed by atoms with Crippen molar-refractivity contribution in [1.29, 1.82) is 0 Å². The van der Waals surface area contributed by atoms with Crippen LogP contribution >= 0.6 is 11.6 Å². The Kier molecular flexibility index (Phi) is 5.19. The molecule has 0 spiro atoms. The summed E-state index contributed by atoms with van der Waals surface area (Å²) in [4.78, 5) is 3.99. The summed E-state index contributed by atoms with van der Waals surface area (Å²) < 4.78 is 5.75. The van der Waals surface area contributed by atoms with Crippen LogP contribution in [-0.2, 0) is 13.0 Å².